The van der Waals surface area contributed by atoms with Gasteiger partial charge in [-0.1, -0.05) is 6.07 Å². The van der Waals surface area contributed by atoms with Crippen LogP contribution in [-0.4, -0.2) is 20.8 Å². The van der Waals surface area contributed by atoms with Crippen molar-refractivity contribution in [1.82, 2.24) is 9.97 Å². The lowest BCUT2D eigenvalue weighted by Gasteiger charge is -2.05. The van der Waals surface area contributed by atoms with Gasteiger partial charge in [-0.3, -0.25) is 14.9 Å². The molecule has 0 spiro atoms. The van der Waals surface area contributed by atoms with Crippen molar-refractivity contribution in [3.05, 3.63) is 56.4 Å². The highest BCUT2D eigenvalue weighted by Crippen LogP contribution is 2.21. The molecule has 0 unspecified atom stereocenters. The van der Waals surface area contributed by atoms with E-state index in [1.54, 1.807) is 13.0 Å². The second-order valence-electron chi connectivity index (χ2n) is 3.96. The number of hydrogen-bond donors (Lipinski definition) is 1. The maximum Gasteiger partial charge on any atom is 0.282 e. The topological polar surface area (TPSA) is 98.0 Å². The van der Waals surface area contributed by atoms with E-state index in [0.717, 1.165) is 5.56 Å². The van der Waals surface area contributed by atoms with Gasteiger partial charge in [-0.2, -0.15) is 0 Å². The Morgan fingerprint density at radius 2 is 2.10 bits per heavy atom. The minimum atomic E-state index is -0.600. The standard InChI is InChI=1S/C12H9BrN4O3/c1-7-2-3-9(17(19)20)8(4-7)12(18)16-11-6-14-10(13)5-15-11/h2-6H,1H3,(H,15,16,18). The van der Waals surface area contributed by atoms with E-state index in [0.29, 0.717) is 4.60 Å². The molecule has 0 aliphatic heterocycles. The van der Waals surface area contributed by atoms with Crippen molar-refractivity contribution in [2.75, 3.05) is 5.32 Å². The number of nitro groups is 1. The van der Waals surface area contributed by atoms with E-state index < -0.39 is 10.8 Å². The number of benzene rings is 1. The van der Waals surface area contributed by atoms with Gasteiger partial charge in [-0.15, -0.1) is 0 Å². The van der Waals surface area contributed by atoms with E-state index in [9.17, 15) is 14.9 Å². The van der Waals surface area contributed by atoms with Gasteiger partial charge in [0.25, 0.3) is 11.6 Å². The van der Waals surface area contributed by atoms with Crippen LogP contribution in [0.1, 0.15) is 15.9 Å². The van der Waals surface area contributed by atoms with Gasteiger partial charge in [0.1, 0.15) is 10.2 Å². The minimum absolute atomic E-state index is 0.0141. The third-order valence-corrected chi connectivity index (χ3v) is 2.86. The Morgan fingerprint density at radius 1 is 1.35 bits per heavy atom. The molecule has 2 rings (SSSR count). The first kappa shape index (κ1) is 14.1. The van der Waals surface area contributed by atoms with Crippen LogP contribution in [0, 0.1) is 17.0 Å². The lowest BCUT2D eigenvalue weighted by molar-refractivity contribution is -0.385. The van der Waals surface area contributed by atoms with E-state index in [2.05, 4.69) is 31.2 Å². The molecule has 0 bridgehead atoms. The summed E-state index contributed by atoms with van der Waals surface area (Å²) in [4.78, 5) is 30.2. The number of rotatable bonds is 3. The molecule has 0 aliphatic carbocycles. The van der Waals surface area contributed by atoms with Gasteiger partial charge in [0, 0.05) is 6.07 Å². The van der Waals surface area contributed by atoms with Crippen LogP contribution in [0.3, 0.4) is 0 Å². The second kappa shape index (κ2) is 5.74. The first-order valence-electron chi connectivity index (χ1n) is 5.51. The largest absolute Gasteiger partial charge is 0.305 e. The lowest BCUT2D eigenvalue weighted by atomic mass is 10.1. The molecule has 1 N–H and O–H groups in total. The van der Waals surface area contributed by atoms with Crippen LogP contribution in [0.5, 0.6) is 0 Å². The Bertz CT molecular complexity index is 673. The molecule has 0 saturated carbocycles. The highest BCUT2D eigenvalue weighted by atomic mass is 79.9. The first-order valence-corrected chi connectivity index (χ1v) is 6.30. The number of carbonyl (C=O) groups excluding carboxylic acids is 1. The first-order chi connectivity index (χ1) is 9.47. The number of aromatic nitrogens is 2. The maximum atomic E-state index is 12.1. The summed E-state index contributed by atoms with van der Waals surface area (Å²) in [6, 6.07) is 4.34. The molecule has 0 aliphatic rings. The summed E-state index contributed by atoms with van der Waals surface area (Å²) < 4.78 is 0.525. The quantitative estimate of drug-likeness (QED) is 0.686. The van der Waals surface area contributed by atoms with E-state index in [-0.39, 0.29) is 17.1 Å². The number of aryl methyl sites for hydroxylation is 1. The number of halogens is 1. The predicted molar refractivity (Wildman–Crippen MR) is 75.5 cm³/mol. The smallest absolute Gasteiger partial charge is 0.282 e. The maximum absolute atomic E-state index is 12.1. The van der Waals surface area contributed by atoms with Crippen molar-refractivity contribution >= 4 is 33.3 Å². The van der Waals surface area contributed by atoms with Crippen molar-refractivity contribution in [1.29, 1.82) is 0 Å². The highest BCUT2D eigenvalue weighted by Gasteiger charge is 2.20. The number of nitrogens with zero attached hydrogens (tertiary/aromatic N) is 3. The molecule has 1 aromatic carbocycles. The van der Waals surface area contributed by atoms with Crippen molar-refractivity contribution in [3.8, 4) is 0 Å². The molecule has 1 aromatic heterocycles. The Labute approximate surface area is 122 Å². The van der Waals surface area contributed by atoms with Gasteiger partial charge in [-0.05, 0) is 34.5 Å². The molecule has 0 fully saturated rings. The summed E-state index contributed by atoms with van der Waals surface area (Å²) in [7, 11) is 0. The number of amides is 1. The molecular formula is C12H9BrN4O3. The van der Waals surface area contributed by atoms with Crippen LogP contribution < -0.4 is 5.32 Å². The molecule has 20 heavy (non-hydrogen) atoms. The molecule has 1 heterocycles. The summed E-state index contributed by atoms with van der Waals surface area (Å²) in [5, 5.41) is 13.4. The Balaban J connectivity index is 2.31. The zero-order valence-electron chi connectivity index (χ0n) is 10.3. The van der Waals surface area contributed by atoms with E-state index in [1.165, 1.54) is 24.5 Å². The normalized spacial score (nSPS) is 10.1. The number of nitrogens with one attached hydrogen (secondary N) is 1. The van der Waals surface area contributed by atoms with E-state index >= 15 is 0 Å². The van der Waals surface area contributed by atoms with Crippen molar-refractivity contribution < 1.29 is 9.72 Å². The summed E-state index contributed by atoms with van der Waals surface area (Å²) in [6.45, 7) is 1.75. The van der Waals surface area contributed by atoms with Crippen LogP contribution in [-0.2, 0) is 0 Å². The van der Waals surface area contributed by atoms with Gasteiger partial charge in [0.2, 0.25) is 0 Å². The average molecular weight is 337 g/mol. The molecule has 7 nitrogen and oxygen atoms in total. The molecule has 1 amide bonds. The zero-order valence-corrected chi connectivity index (χ0v) is 11.9. The number of nitro benzene ring substituents is 1. The number of hydrogen-bond acceptors (Lipinski definition) is 5. The van der Waals surface area contributed by atoms with E-state index in [1.807, 2.05) is 0 Å². The highest BCUT2D eigenvalue weighted by molar-refractivity contribution is 9.10. The predicted octanol–water partition coefficient (Wildman–Crippen LogP) is 2.71. The molecule has 2 aromatic rings. The molecular weight excluding hydrogens is 328 g/mol. The van der Waals surface area contributed by atoms with Crippen molar-refractivity contribution in [2.45, 2.75) is 6.92 Å². The Hall–Kier alpha value is -2.35. The number of carbonyl (C=O) groups is 1. The average Bonchev–Trinajstić information content (AvgIpc) is 2.41. The summed E-state index contributed by atoms with van der Waals surface area (Å²) in [5.74, 6) is -0.383. The third kappa shape index (κ3) is 3.15. The molecule has 0 radical (unpaired) electrons. The molecule has 8 heteroatoms. The fourth-order valence-corrected chi connectivity index (χ4v) is 1.76. The fourth-order valence-electron chi connectivity index (χ4n) is 1.55. The molecule has 102 valence electrons. The van der Waals surface area contributed by atoms with Crippen molar-refractivity contribution in [3.63, 3.8) is 0 Å². The van der Waals surface area contributed by atoms with Gasteiger partial charge < -0.3 is 5.32 Å². The zero-order chi connectivity index (χ0) is 14.7. The van der Waals surface area contributed by atoms with Crippen LogP contribution in [0.2, 0.25) is 0 Å². The lowest BCUT2D eigenvalue weighted by Crippen LogP contribution is -2.15. The molecule has 0 saturated heterocycles. The fraction of sp³-hybridized carbons (Fsp3) is 0.0833. The van der Waals surface area contributed by atoms with Crippen LogP contribution in [0.15, 0.2) is 35.2 Å². The van der Waals surface area contributed by atoms with Gasteiger partial charge in [0.15, 0.2) is 5.82 Å². The Morgan fingerprint density at radius 3 is 2.70 bits per heavy atom. The van der Waals surface area contributed by atoms with Crippen LogP contribution in [0.25, 0.3) is 0 Å². The number of anilines is 1. The SMILES string of the molecule is Cc1ccc([N+](=O)[O-])c(C(=O)Nc2cnc(Br)cn2)c1. The van der Waals surface area contributed by atoms with Crippen LogP contribution in [0.4, 0.5) is 11.5 Å². The van der Waals surface area contributed by atoms with Crippen LogP contribution >= 0.6 is 15.9 Å². The summed E-state index contributed by atoms with van der Waals surface area (Å²) >= 11 is 3.12. The summed E-state index contributed by atoms with van der Waals surface area (Å²) in [6.07, 6.45) is 2.77. The Kier molecular flexibility index (Phi) is 4.04. The van der Waals surface area contributed by atoms with E-state index in [4.69, 9.17) is 0 Å². The second-order valence-corrected chi connectivity index (χ2v) is 4.77. The summed E-state index contributed by atoms with van der Waals surface area (Å²) in [5.41, 5.74) is 0.487. The van der Waals surface area contributed by atoms with Crippen molar-refractivity contribution in [2.24, 2.45) is 0 Å². The van der Waals surface area contributed by atoms with Gasteiger partial charge in [0.05, 0.1) is 17.3 Å². The third-order valence-electron chi connectivity index (χ3n) is 2.46. The molecule has 0 atom stereocenters. The van der Waals surface area contributed by atoms with Gasteiger partial charge >= 0.3 is 0 Å². The minimum Gasteiger partial charge on any atom is -0.305 e. The van der Waals surface area contributed by atoms with Gasteiger partial charge in [-0.25, -0.2) is 9.97 Å². The monoisotopic (exact) mass is 336 g/mol.